The number of carbonyl (C=O) groups excluding carboxylic acids is 1. The molecule has 0 saturated carbocycles. The van der Waals surface area contributed by atoms with E-state index in [0.29, 0.717) is 31.0 Å². The van der Waals surface area contributed by atoms with Gasteiger partial charge in [-0.15, -0.1) is 0 Å². The van der Waals surface area contributed by atoms with Gasteiger partial charge in [-0.25, -0.2) is 18.8 Å². The van der Waals surface area contributed by atoms with Gasteiger partial charge in [-0.3, -0.25) is 4.79 Å². The lowest BCUT2D eigenvalue weighted by molar-refractivity contribution is -0.129. The third kappa shape index (κ3) is 4.91. The van der Waals surface area contributed by atoms with Crippen LogP contribution in [0.4, 0.5) is 25.8 Å². The minimum Gasteiger partial charge on any atom is -0.464 e. The SMILES string of the molecule is CC(=O)N1CCN(c2ccc(NC3=NC=NC(Oc4cc(F)c5c(c4F)CC(C)N5)C3C#N)cc2)CC1. The molecule has 0 aromatic heterocycles. The smallest absolute Gasteiger partial charge is 0.219 e. The van der Waals surface area contributed by atoms with Crippen LogP contribution in [0.3, 0.4) is 0 Å². The number of nitrogens with zero attached hydrogens (tertiary/aromatic N) is 5. The van der Waals surface area contributed by atoms with Crippen LogP contribution in [0.25, 0.3) is 0 Å². The van der Waals surface area contributed by atoms with Gasteiger partial charge < -0.3 is 25.2 Å². The van der Waals surface area contributed by atoms with Crippen molar-refractivity contribution in [1.82, 2.24) is 4.90 Å². The summed E-state index contributed by atoms with van der Waals surface area (Å²) in [6, 6.07) is 10.7. The Morgan fingerprint density at radius 2 is 1.95 bits per heavy atom. The highest BCUT2D eigenvalue weighted by Gasteiger charge is 2.33. The summed E-state index contributed by atoms with van der Waals surface area (Å²) in [7, 11) is 0. The fraction of sp³-hybridized carbons (Fsp3) is 0.385. The van der Waals surface area contributed by atoms with Gasteiger partial charge in [0, 0.05) is 62.1 Å². The second-order valence-electron chi connectivity index (χ2n) is 9.33. The minimum absolute atomic E-state index is 0.0842. The Labute approximate surface area is 213 Å². The number of ether oxygens (including phenoxy) is 1. The number of rotatable bonds is 4. The number of carbonyl (C=O) groups is 1. The van der Waals surface area contributed by atoms with Crippen LogP contribution in [0.15, 0.2) is 40.3 Å². The molecule has 11 heteroatoms. The Balaban J connectivity index is 1.26. The van der Waals surface area contributed by atoms with E-state index in [1.807, 2.05) is 36.1 Å². The molecule has 3 atom stereocenters. The highest BCUT2D eigenvalue weighted by atomic mass is 19.1. The van der Waals surface area contributed by atoms with Gasteiger partial charge in [0.05, 0.1) is 11.8 Å². The molecule has 3 aliphatic heterocycles. The zero-order valence-electron chi connectivity index (χ0n) is 20.5. The Morgan fingerprint density at radius 3 is 2.62 bits per heavy atom. The van der Waals surface area contributed by atoms with Crippen molar-refractivity contribution in [3.63, 3.8) is 0 Å². The number of hydrogen-bond donors (Lipinski definition) is 2. The maximum atomic E-state index is 15.1. The summed E-state index contributed by atoms with van der Waals surface area (Å²) in [5, 5.41) is 15.9. The van der Waals surface area contributed by atoms with Crippen molar-refractivity contribution in [2.45, 2.75) is 32.5 Å². The average molecular weight is 508 g/mol. The van der Waals surface area contributed by atoms with Crippen molar-refractivity contribution < 1.29 is 18.3 Å². The number of nitriles is 1. The summed E-state index contributed by atoms with van der Waals surface area (Å²) in [6.07, 6.45) is 0.483. The number of hydrogen-bond acceptors (Lipinski definition) is 8. The van der Waals surface area contributed by atoms with Crippen LogP contribution >= 0.6 is 0 Å². The predicted octanol–water partition coefficient (Wildman–Crippen LogP) is 3.39. The van der Waals surface area contributed by atoms with Gasteiger partial charge in [-0.2, -0.15) is 5.26 Å². The van der Waals surface area contributed by atoms with Gasteiger partial charge in [0.15, 0.2) is 17.5 Å². The van der Waals surface area contributed by atoms with Gasteiger partial charge in [-0.05, 0) is 37.6 Å². The van der Waals surface area contributed by atoms with Gasteiger partial charge in [0.2, 0.25) is 12.1 Å². The first-order valence-corrected chi connectivity index (χ1v) is 12.1. The summed E-state index contributed by atoms with van der Waals surface area (Å²) >= 11 is 0. The van der Waals surface area contributed by atoms with E-state index in [4.69, 9.17) is 4.74 Å². The van der Waals surface area contributed by atoms with Crippen LogP contribution < -0.4 is 20.3 Å². The molecule has 1 saturated heterocycles. The van der Waals surface area contributed by atoms with E-state index in [0.717, 1.165) is 24.8 Å². The molecule has 0 radical (unpaired) electrons. The van der Waals surface area contributed by atoms with Gasteiger partial charge in [-0.1, -0.05) is 0 Å². The van der Waals surface area contributed by atoms with Crippen LogP contribution in [-0.4, -0.2) is 61.4 Å². The molecule has 3 unspecified atom stereocenters. The van der Waals surface area contributed by atoms with Crippen LogP contribution in [0, 0.1) is 28.9 Å². The largest absolute Gasteiger partial charge is 0.464 e. The maximum Gasteiger partial charge on any atom is 0.219 e. The molecule has 3 heterocycles. The van der Waals surface area contributed by atoms with Gasteiger partial charge in [0.1, 0.15) is 18.0 Å². The third-order valence-corrected chi connectivity index (χ3v) is 6.79. The molecule has 2 aromatic carbocycles. The zero-order valence-corrected chi connectivity index (χ0v) is 20.5. The monoisotopic (exact) mass is 507 g/mol. The molecule has 5 rings (SSSR count). The molecule has 0 aliphatic carbocycles. The zero-order chi connectivity index (χ0) is 26.1. The Hall–Kier alpha value is -4.20. The molecule has 192 valence electrons. The van der Waals surface area contributed by atoms with Crippen LogP contribution in [-0.2, 0) is 11.2 Å². The molecular formula is C26H27F2N7O2. The first-order chi connectivity index (χ1) is 17.8. The molecule has 2 N–H and O–H groups in total. The standard InChI is InChI=1S/C26H27F2N7O2/c1-15-11-19-23(28)22(12-21(27)24(19)32-15)37-26-20(13-29)25(30-14-31-26)33-17-3-5-18(6-4-17)35-9-7-34(8-10-35)16(2)36/h3-6,12,14-15,20,26,32H,7-11H2,1-2H3,(H,30,31,33). The van der Waals surface area contributed by atoms with Crippen LogP contribution in [0.2, 0.25) is 0 Å². The number of piperazine rings is 1. The number of aliphatic imine (C=N–C) groups is 2. The fourth-order valence-electron chi connectivity index (χ4n) is 4.80. The molecular weight excluding hydrogens is 480 g/mol. The first kappa shape index (κ1) is 24.5. The number of benzene rings is 2. The van der Waals surface area contributed by atoms with E-state index in [-0.39, 0.29) is 28.9 Å². The maximum absolute atomic E-state index is 15.1. The molecule has 0 spiro atoms. The lowest BCUT2D eigenvalue weighted by Crippen LogP contribution is -2.48. The van der Waals surface area contributed by atoms with Crippen molar-refractivity contribution in [2.75, 3.05) is 41.7 Å². The summed E-state index contributed by atoms with van der Waals surface area (Å²) in [5.41, 5.74) is 2.10. The minimum atomic E-state index is -1.10. The highest BCUT2D eigenvalue weighted by Crippen LogP contribution is 2.37. The first-order valence-electron chi connectivity index (χ1n) is 12.1. The van der Waals surface area contributed by atoms with Crippen molar-refractivity contribution in [3.8, 4) is 11.8 Å². The number of fused-ring (bicyclic) bond motifs is 1. The highest BCUT2D eigenvalue weighted by molar-refractivity contribution is 6.03. The van der Waals surface area contributed by atoms with E-state index in [1.165, 1.54) is 6.34 Å². The lowest BCUT2D eigenvalue weighted by atomic mass is 10.1. The van der Waals surface area contributed by atoms with Crippen molar-refractivity contribution in [2.24, 2.45) is 15.9 Å². The second-order valence-corrected chi connectivity index (χ2v) is 9.33. The van der Waals surface area contributed by atoms with Crippen LogP contribution in [0.1, 0.15) is 19.4 Å². The summed E-state index contributed by atoms with van der Waals surface area (Å²) < 4.78 is 35.3. The molecule has 2 aromatic rings. The van der Waals surface area contributed by atoms with E-state index in [2.05, 4.69) is 31.6 Å². The van der Waals surface area contributed by atoms with Crippen molar-refractivity contribution in [1.29, 1.82) is 5.26 Å². The predicted molar refractivity (Wildman–Crippen MR) is 137 cm³/mol. The molecule has 1 amide bonds. The van der Waals surface area contributed by atoms with E-state index in [9.17, 15) is 14.4 Å². The number of halogens is 2. The Kier molecular flexibility index (Phi) is 6.65. The number of anilines is 3. The van der Waals surface area contributed by atoms with Crippen LogP contribution in [0.5, 0.6) is 5.75 Å². The Bertz CT molecular complexity index is 1300. The lowest BCUT2D eigenvalue weighted by Gasteiger charge is -2.35. The molecule has 37 heavy (non-hydrogen) atoms. The summed E-state index contributed by atoms with van der Waals surface area (Å²) in [4.78, 5) is 23.9. The average Bonchev–Trinajstić information content (AvgIpc) is 3.30. The third-order valence-electron chi connectivity index (χ3n) is 6.79. The van der Waals surface area contributed by atoms with Crippen molar-refractivity contribution >= 4 is 35.1 Å². The second kappa shape index (κ2) is 10.0. The quantitative estimate of drug-likeness (QED) is 0.658. The van der Waals surface area contributed by atoms with Crippen molar-refractivity contribution in [3.05, 3.63) is 47.5 Å². The molecule has 0 bridgehead atoms. The molecule has 3 aliphatic rings. The normalized spacial score (nSPS) is 22.6. The summed E-state index contributed by atoms with van der Waals surface area (Å²) in [6.45, 7) is 6.28. The van der Waals surface area contributed by atoms with Gasteiger partial charge >= 0.3 is 0 Å². The molecule has 1 fully saturated rings. The van der Waals surface area contributed by atoms with E-state index < -0.39 is 23.8 Å². The summed E-state index contributed by atoms with van der Waals surface area (Å²) in [5.74, 6) is -2.14. The van der Waals surface area contributed by atoms with E-state index >= 15 is 4.39 Å². The van der Waals surface area contributed by atoms with E-state index in [1.54, 1.807) is 6.92 Å². The topological polar surface area (TPSA) is 105 Å². The van der Waals surface area contributed by atoms with Gasteiger partial charge in [0.25, 0.3) is 0 Å². The number of nitrogens with one attached hydrogen (secondary N) is 2. The number of amidine groups is 1. The molecule has 9 nitrogen and oxygen atoms in total. The Morgan fingerprint density at radius 1 is 1.22 bits per heavy atom. The fourth-order valence-corrected chi connectivity index (χ4v) is 4.80. The number of amides is 1.